The lowest BCUT2D eigenvalue weighted by Gasteiger charge is -2.21. The Labute approximate surface area is 119 Å². The predicted molar refractivity (Wildman–Crippen MR) is 77.6 cm³/mol. The van der Waals surface area contributed by atoms with E-state index in [9.17, 15) is 9.18 Å². The van der Waals surface area contributed by atoms with Gasteiger partial charge in [-0.3, -0.25) is 4.79 Å². The SMILES string of the molecule is Cc1cc(Br)c(F)cc1NC(=O)C1CCCCS1. The maximum absolute atomic E-state index is 13.4. The molecule has 1 aromatic rings. The van der Waals surface area contributed by atoms with Crippen LogP contribution in [0.25, 0.3) is 0 Å². The highest BCUT2D eigenvalue weighted by atomic mass is 79.9. The van der Waals surface area contributed by atoms with Gasteiger partial charge in [0.2, 0.25) is 5.91 Å². The van der Waals surface area contributed by atoms with Gasteiger partial charge in [0.05, 0.1) is 9.72 Å². The van der Waals surface area contributed by atoms with Crippen LogP contribution < -0.4 is 5.32 Å². The summed E-state index contributed by atoms with van der Waals surface area (Å²) in [5.74, 6) is 0.669. The van der Waals surface area contributed by atoms with Crippen molar-refractivity contribution in [1.29, 1.82) is 0 Å². The molecule has 1 amide bonds. The first-order chi connectivity index (χ1) is 8.58. The lowest BCUT2D eigenvalue weighted by atomic mass is 10.1. The summed E-state index contributed by atoms with van der Waals surface area (Å²) < 4.78 is 13.9. The molecule has 0 aliphatic carbocycles. The van der Waals surface area contributed by atoms with Gasteiger partial charge in [0.25, 0.3) is 0 Å². The van der Waals surface area contributed by atoms with E-state index in [-0.39, 0.29) is 17.0 Å². The molecule has 0 aromatic heterocycles. The van der Waals surface area contributed by atoms with Gasteiger partial charge in [0.1, 0.15) is 5.82 Å². The highest BCUT2D eigenvalue weighted by Crippen LogP contribution is 2.28. The number of hydrogen-bond acceptors (Lipinski definition) is 2. The number of thioether (sulfide) groups is 1. The van der Waals surface area contributed by atoms with Gasteiger partial charge in [-0.2, -0.15) is 0 Å². The number of aryl methyl sites for hydroxylation is 1. The highest BCUT2D eigenvalue weighted by molar-refractivity contribution is 9.10. The van der Waals surface area contributed by atoms with Crippen LogP contribution in [0.5, 0.6) is 0 Å². The molecule has 0 saturated carbocycles. The van der Waals surface area contributed by atoms with Gasteiger partial charge in [0.15, 0.2) is 0 Å². The summed E-state index contributed by atoms with van der Waals surface area (Å²) in [6.45, 7) is 1.85. The maximum Gasteiger partial charge on any atom is 0.237 e. The fourth-order valence-corrected chi connectivity index (χ4v) is 3.60. The molecule has 1 unspecified atom stereocenters. The van der Waals surface area contributed by atoms with Crippen molar-refractivity contribution in [2.75, 3.05) is 11.1 Å². The molecule has 1 aliphatic heterocycles. The second kappa shape index (κ2) is 6.06. The Bertz CT molecular complexity index is 461. The van der Waals surface area contributed by atoms with Crippen molar-refractivity contribution >= 4 is 39.3 Å². The summed E-state index contributed by atoms with van der Waals surface area (Å²) in [5, 5.41) is 2.83. The normalized spacial score (nSPS) is 19.6. The van der Waals surface area contributed by atoms with Crippen LogP contribution in [0.4, 0.5) is 10.1 Å². The van der Waals surface area contributed by atoms with Crippen molar-refractivity contribution in [2.24, 2.45) is 0 Å². The molecule has 5 heteroatoms. The summed E-state index contributed by atoms with van der Waals surface area (Å²) in [6, 6.07) is 3.05. The van der Waals surface area contributed by atoms with Gasteiger partial charge in [-0.1, -0.05) is 6.42 Å². The van der Waals surface area contributed by atoms with Gasteiger partial charge in [-0.15, -0.1) is 11.8 Å². The van der Waals surface area contributed by atoms with Crippen molar-refractivity contribution in [3.8, 4) is 0 Å². The van der Waals surface area contributed by atoms with Gasteiger partial charge in [0, 0.05) is 5.69 Å². The molecular weight excluding hydrogens is 317 g/mol. The second-order valence-electron chi connectivity index (χ2n) is 4.43. The van der Waals surface area contributed by atoms with Crippen LogP contribution in [0, 0.1) is 12.7 Å². The molecule has 2 nitrogen and oxygen atoms in total. The first kappa shape index (κ1) is 13.9. The minimum absolute atomic E-state index is 0.00450. The van der Waals surface area contributed by atoms with Crippen LogP contribution in [0.15, 0.2) is 16.6 Å². The molecule has 2 rings (SSSR count). The predicted octanol–water partition coefficient (Wildman–Crippen LogP) is 4.12. The molecule has 0 radical (unpaired) electrons. The minimum Gasteiger partial charge on any atom is -0.325 e. The smallest absolute Gasteiger partial charge is 0.237 e. The fourth-order valence-electron chi connectivity index (χ4n) is 1.94. The third-order valence-corrected chi connectivity index (χ3v) is 4.98. The first-order valence-electron chi connectivity index (χ1n) is 5.96. The van der Waals surface area contributed by atoms with E-state index < -0.39 is 0 Å². The zero-order chi connectivity index (χ0) is 13.1. The number of rotatable bonds is 2. The molecule has 1 aliphatic rings. The molecular formula is C13H15BrFNOS. The van der Waals surface area contributed by atoms with Crippen LogP contribution in [-0.2, 0) is 4.79 Å². The highest BCUT2D eigenvalue weighted by Gasteiger charge is 2.22. The molecule has 1 fully saturated rings. The molecule has 18 heavy (non-hydrogen) atoms. The Morgan fingerprint density at radius 3 is 2.94 bits per heavy atom. The second-order valence-corrected chi connectivity index (χ2v) is 6.59. The van der Waals surface area contributed by atoms with Gasteiger partial charge in [-0.25, -0.2) is 4.39 Å². The number of amides is 1. The average Bonchev–Trinajstić information content (AvgIpc) is 2.37. The van der Waals surface area contributed by atoms with E-state index >= 15 is 0 Å². The molecule has 1 N–H and O–H groups in total. The lowest BCUT2D eigenvalue weighted by molar-refractivity contribution is -0.115. The molecule has 1 heterocycles. The molecule has 1 aromatic carbocycles. The van der Waals surface area contributed by atoms with Crippen molar-refractivity contribution in [1.82, 2.24) is 0 Å². The molecule has 1 atom stereocenters. The van der Waals surface area contributed by atoms with Crippen LogP contribution in [0.2, 0.25) is 0 Å². The largest absolute Gasteiger partial charge is 0.325 e. The van der Waals surface area contributed by atoms with Crippen LogP contribution >= 0.6 is 27.7 Å². The minimum atomic E-state index is -0.354. The summed E-state index contributed by atoms with van der Waals surface area (Å²) in [4.78, 5) is 12.0. The number of carbonyl (C=O) groups is 1. The number of hydrogen-bond donors (Lipinski definition) is 1. The van der Waals surface area contributed by atoms with E-state index in [1.54, 1.807) is 17.8 Å². The van der Waals surface area contributed by atoms with E-state index in [0.29, 0.717) is 10.2 Å². The quantitative estimate of drug-likeness (QED) is 0.883. The molecule has 98 valence electrons. The number of halogens is 2. The number of anilines is 1. The van der Waals surface area contributed by atoms with Crippen LogP contribution in [-0.4, -0.2) is 16.9 Å². The monoisotopic (exact) mass is 331 g/mol. The molecule has 1 saturated heterocycles. The third kappa shape index (κ3) is 3.26. The topological polar surface area (TPSA) is 29.1 Å². The van der Waals surface area contributed by atoms with Crippen molar-refractivity contribution in [3.05, 3.63) is 28.0 Å². The summed E-state index contributed by atoms with van der Waals surface area (Å²) in [6.07, 6.45) is 3.19. The number of carbonyl (C=O) groups excluding carboxylic acids is 1. The van der Waals surface area contributed by atoms with E-state index in [1.165, 1.54) is 12.5 Å². The number of benzene rings is 1. The maximum atomic E-state index is 13.4. The third-order valence-electron chi connectivity index (χ3n) is 3.00. The fraction of sp³-hybridized carbons (Fsp3) is 0.462. The Hall–Kier alpha value is -0.550. The van der Waals surface area contributed by atoms with Gasteiger partial charge < -0.3 is 5.32 Å². The number of nitrogens with one attached hydrogen (secondary N) is 1. The van der Waals surface area contributed by atoms with Crippen LogP contribution in [0.3, 0.4) is 0 Å². The van der Waals surface area contributed by atoms with Gasteiger partial charge in [-0.05, 0) is 59.1 Å². The Morgan fingerprint density at radius 1 is 1.50 bits per heavy atom. The van der Waals surface area contributed by atoms with Gasteiger partial charge >= 0.3 is 0 Å². The standard InChI is InChI=1S/C13H15BrFNOS/c1-8-6-9(14)10(15)7-11(8)16-13(17)12-4-2-3-5-18-12/h6-7,12H,2-5H2,1H3,(H,16,17). The van der Waals surface area contributed by atoms with Crippen LogP contribution in [0.1, 0.15) is 24.8 Å². The van der Waals surface area contributed by atoms with E-state index in [2.05, 4.69) is 21.2 Å². The zero-order valence-electron chi connectivity index (χ0n) is 10.1. The zero-order valence-corrected chi connectivity index (χ0v) is 12.5. The van der Waals surface area contributed by atoms with Crippen molar-refractivity contribution in [2.45, 2.75) is 31.4 Å². The van der Waals surface area contributed by atoms with E-state index in [0.717, 1.165) is 24.2 Å². The Kier molecular flexibility index (Phi) is 4.67. The average molecular weight is 332 g/mol. The van der Waals surface area contributed by atoms with Crippen molar-refractivity contribution < 1.29 is 9.18 Å². The Morgan fingerprint density at radius 2 is 2.28 bits per heavy atom. The summed E-state index contributed by atoms with van der Waals surface area (Å²) in [7, 11) is 0. The van der Waals surface area contributed by atoms with E-state index in [1.807, 2.05) is 6.92 Å². The first-order valence-corrected chi connectivity index (χ1v) is 7.80. The summed E-state index contributed by atoms with van der Waals surface area (Å²) >= 11 is 4.82. The molecule has 0 bridgehead atoms. The summed E-state index contributed by atoms with van der Waals surface area (Å²) in [5.41, 5.74) is 1.42. The van der Waals surface area contributed by atoms with Crippen molar-refractivity contribution in [3.63, 3.8) is 0 Å². The lowest BCUT2D eigenvalue weighted by Crippen LogP contribution is -2.27. The van der Waals surface area contributed by atoms with E-state index in [4.69, 9.17) is 0 Å². The molecule has 0 spiro atoms. The Balaban J connectivity index is 2.08.